The summed E-state index contributed by atoms with van der Waals surface area (Å²) in [5.41, 5.74) is 3.63. The molecule has 0 saturated heterocycles. The van der Waals surface area contributed by atoms with Crippen molar-refractivity contribution < 1.29 is 4.74 Å². The zero-order valence-corrected chi connectivity index (χ0v) is 10.9. The lowest BCUT2D eigenvalue weighted by molar-refractivity contribution is 0.341. The van der Waals surface area contributed by atoms with Gasteiger partial charge in [0.15, 0.2) is 0 Å². The van der Waals surface area contributed by atoms with E-state index in [0.717, 1.165) is 17.9 Å². The molecule has 0 heterocycles. The van der Waals surface area contributed by atoms with Crippen LogP contribution in [0, 0.1) is 0 Å². The number of para-hydroxylation sites is 1. The van der Waals surface area contributed by atoms with Gasteiger partial charge in [-0.05, 0) is 31.2 Å². The fourth-order valence-corrected chi connectivity index (χ4v) is 1.99. The predicted octanol–water partition coefficient (Wildman–Crippen LogP) is 3.47. The maximum Gasteiger partial charge on any atom is 0.127 e. The summed E-state index contributed by atoms with van der Waals surface area (Å²) >= 11 is 0. The standard InChI is InChI=1S/C16H19NO/c1-3-18-16-7-5-4-6-15(16)14-10-8-13(9-11-14)12-17-2/h4-11,17H,3,12H2,1-2H3. The summed E-state index contributed by atoms with van der Waals surface area (Å²) in [6.45, 7) is 3.59. The molecule has 0 aliphatic rings. The van der Waals surface area contributed by atoms with Gasteiger partial charge in [0.25, 0.3) is 0 Å². The van der Waals surface area contributed by atoms with Gasteiger partial charge >= 0.3 is 0 Å². The molecular formula is C16H19NO. The van der Waals surface area contributed by atoms with E-state index in [-0.39, 0.29) is 0 Å². The molecule has 2 rings (SSSR count). The Hall–Kier alpha value is -1.80. The van der Waals surface area contributed by atoms with Crippen molar-refractivity contribution in [3.05, 3.63) is 54.1 Å². The van der Waals surface area contributed by atoms with Gasteiger partial charge in [0.1, 0.15) is 5.75 Å². The lowest BCUT2D eigenvalue weighted by atomic mass is 10.0. The molecule has 1 N–H and O–H groups in total. The van der Waals surface area contributed by atoms with Gasteiger partial charge in [0.05, 0.1) is 6.61 Å². The van der Waals surface area contributed by atoms with E-state index < -0.39 is 0 Å². The quantitative estimate of drug-likeness (QED) is 0.865. The first-order valence-electron chi connectivity index (χ1n) is 6.31. The second-order valence-corrected chi connectivity index (χ2v) is 4.16. The van der Waals surface area contributed by atoms with Crippen molar-refractivity contribution in [1.82, 2.24) is 5.32 Å². The first-order valence-corrected chi connectivity index (χ1v) is 6.31. The van der Waals surface area contributed by atoms with Gasteiger partial charge in [-0.2, -0.15) is 0 Å². The third-order valence-corrected chi connectivity index (χ3v) is 2.83. The van der Waals surface area contributed by atoms with Crippen LogP contribution in [0.5, 0.6) is 5.75 Å². The first-order chi connectivity index (χ1) is 8.85. The highest BCUT2D eigenvalue weighted by atomic mass is 16.5. The van der Waals surface area contributed by atoms with Crippen LogP contribution in [0.3, 0.4) is 0 Å². The van der Waals surface area contributed by atoms with Gasteiger partial charge in [-0.25, -0.2) is 0 Å². The zero-order valence-electron chi connectivity index (χ0n) is 10.9. The van der Waals surface area contributed by atoms with Gasteiger partial charge in [-0.1, -0.05) is 42.5 Å². The van der Waals surface area contributed by atoms with Crippen molar-refractivity contribution in [1.29, 1.82) is 0 Å². The largest absolute Gasteiger partial charge is 0.493 e. The van der Waals surface area contributed by atoms with E-state index in [1.54, 1.807) is 0 Å². The molecule has 0 aliphatic carbocycles. The Morgan fingerprint density at radius 3 is 2.39 bits per heavy atom. The Balaban J connectivity index is 2.30. The molecule has 0 aliphatic heterocycles. The Kier molecular flexibility index (Phi) is 4.37. The number of benzene rings is 2. The zero-order chi connectivity index (χ0) is 12.8. The fourth-order valence-electron chi connectivity index (χ4n) is 1.99. The molecule has 2 aromatic carbocycles. The van der Waals surface area contributed by atoms with E-state index in [0.29, 0.717) is 6.61 Å². The van der Waals surface area contributed by atoms with Crippen LogP contribution < -0.4 is 10.1 Å². The lowest BCUT2D eigenvalue weighted by Crippen LogP contribution is -2.04. The maximum atomic E-state index is 5.66. The van der Waals surface area contributed by atoms with Crippen LogP contribution in [-0.2, 0) is 6.54 Å². The minimum absolute atomic E-state index is 0.689. The van der Waals surface area contributed by atoms with Gasteiger partial charge < -0.3 is 10.1 Å². The summed E-state index contributed by atoms with van der Waals surface area (Å²) in [5.74, 6) is 0.946. The second kappa shape index (κ2) is 6.22. The molecule has 18 heavy (non-hydrogen) atoms. The van der Waals surface area contributed by atoms with E-state index in [9.17, 15) is 0 Å². The van der Waals surface area contributed by atoms with Crippen molar-refractivity contribution in [3.8, 4) is 16.9 Å². The number of hydrogen-bond acceptors (Lipinski definition) is 2. The summed E-state index contributed by atoms with van der Waals surface area (Å²) in [5, 5.41) is 3.15. The van der Waals surface area contributed by atoms with Gasteiger partial charge in [0.2, 0.25) is 0 Å². The molecule has 0 bridgehead atoms. The van der Waals surface area contributed by atoms with Crippen LogP contribution in [0.4, 0.5) is 0 Å². The van der Waals surface area contributed by atoms with Gasteiger partial charge in [-0.3, -0.25) is 0 Å². The minimum atomic E-state index is 0.689. The molecule has 0 fully saturated rings. The Morgan fingerprint density at radius 1 is 1.00 bits per heavy atom. The van der Waals surface area contributed by atoms with Crippen LogP contribution in [0.25, 0.3) is 11.1 Å². The third-order valence-electron chi connectivity index (χ3n) is 2.83. The molecule has 2 aromatic rings. The van der Waals surface area contributed by atoms with Crippen LogP contribution in [0.2, 0.25) is 0 Å². The highest BCUT2D eigenvalue weighted by Crippen LogP contribution is 2.29. The maximum absolute atomic E-state index is 5.66. The molecular weight excluding hydrogens is 222 g/mol. The molecule has 0 unspecified atom stereocenters. The Labute approximate surface area is 109 Å². The summed E-state index contributed by atoms with van der Waals surface area (Å²) in [4.78, 5) is 0. The van der Waals surface area contributed by atoms with Crippen molar-refractivity contribution >= 4 is 0 Å². The van der Waals surface area contributed by atoms with Crippen LogP contribution in [0.1, 0.15) is 12.5 Å². The summed E-state index contributed by atoms with van der Waals surface area (Å²) < 4.78 is 5.66. The van der Waals surface area contributed by atoms with Crippen LogP contribution in [0.15, 0.2) is 48.5 Å². The summed E-state index contributed by atoms with van der Waals surface area (Å²) in [6, 6.07) is 16.7. The average molecular weight is 241 g/mol. The molecule has 0 saturated carbocycles. The Morgan fingerprint density at radius 2 is 1.72 bits per heavy atom. The molecule has 0 radical (unpaired) electrons. The lowest BCUT2D eigenvalue weighted by Gasteiger charge is -2.10. The Bertz CT molecular complexity index is 491. The number of nitrogens with one attached hydrogen (secondary N) is 1. The van der Waals surface area contributed by atoms with Gasteiger partial charge in [0, 0.05) is 12.1 Å². The fraction of sp³-hybridized carbons (Fsp3) is 0.250. The van der Waals surface area contributed by atoms with E-state index in [1.165, 1.54) is 11.1 Å². The smallest absolute Gasteiger partial charge is 0.127 e. The normalized spacial score (nSPS) is 10.3. The van der Waals surface area contributed by atoms with E-state index in [4.69, 9.17) is 4.74 Å². The highest BCUT2D eigenvalue weighted by molar-refractivity contribution is 5.70. The SMILES string of the molecule is CCOc1ccccc1-c1ccc(CNC)cc1. The highest BCUT2D eigenvalue weighted by Gasteiger charge is 2.04. The van der Waals surface area contributed by atoms with E-state index >= 15 is 0 Å². The van der Waals surface area contributed by atoms with Crippen molar-refractivity contribution in [2.75, 3.05) is 13.7 Å². The molecule has 94 valence electrons. The molecule has 2 heteroatoms. The second-order valence-electron chi connectivity index (χ2n) is 4.16. The minimum Gasteiger partial charge on any atom is -0.493 e. The topological polar surface area (TPSA) is 21.3 Å². The summed E-state index contributed by atoms with van der Waals surface area (Å²) in [6.07, 6.45) is 0. The predicted molar refractivity (Wildman–Crippen MR) is 75.8 cm³/mol. The van der Waals surface area contributed by atoms with Crippen molar-refractivity contribution in [3.63, 3.8) is 0 Å². The number of ether oxygens (including phenoxy) is 1. The van der Waals surface area contributed by atoms with Crippen molar-refractivity contribution in [2.24, 2.45) is 0 Å². The summed E-state index contributed by atoms with van der Waals surface area (Å²) in [7, 11) is 1.96. The van der Waals surface area contributed by atoms with Gasteiger partial charge in [-0.15, -0.1) is 0 Å². The molecule has 0 spiro atoms. The first kappa shape index (κ1) is 12.7. The van der Waals surface area contributed by atoms with Crippen LogP contribution >= 0.6 is 0 Å². The van der Waals surface area contributed by atoms with E-state index in [1.807, 2.05) is 32.2 Å². The third kappa shape index (κ3) is 2.90. The average Bonchev–Trinajstić information content (AvgIpc) is 2.41. The monoisotopic (exact) mass is 241 g/mol. The molecule has 0 atom stereocenters. The number of hydrogen-bond donors (Lipinski definition) is 1. The molecule has 0 aromatic heterocycles. The van der Waals surface area contributed by atoms with Crippen LogP contribution in [-0.4, -0.2) is 13.7 Å². The molecule has 2 nitrogen and oxygen atoms in total. The van der Waals surface area contributed by atoms with Crippen molar-refractivity contribution in [2.45, 2.75) is 13.5 Å². The molecule has 0 amide bonds. The van der Waals surface area contributed by atoms with E-state index in [2.05, 4.69) is 35.6 Å². The number of rotatable bonds is 5.